The highest BCUT2D eigenvalue weighted by Gasteiger charge is 2.55. The highest BCUT2D eigenvalue weighted by atomic mass is 16.5. The fourth-order valence-corrected chi connectivity index (χ4v) is 2.00. The minimum atomic E-state index is -0.926. The number of nitrogens with zero attached hydrogens (tertiary/aromatic N) is 2. The zero-order chi connectivity index (χ0) is 10.5. The van der Waals surface area contributed by atoms with Gasteiger partial charge in [0.25, 0.3) is 0 Å². The van der Waals surface area contributed by atoms with Crippen LogP contribution >= 0.6 is 0 Å². The van der Waals surface area contributed by atoms with Gasteiger partial charge in [0.15, 0.2) is 0 Å². The van der Waals surface area contributed by atoms with Crippen molar-refractivity contribution in [2.75, 3.05) is 11.5 Å². The summed E-state index contributed by atoms with van der Waals surface area (Å²) in [4.78, 5) is 16.6. The Morgan fingerprint density at radius 1 is 1.60 bits per heavy atom. The number of fused-ring (bicyclic) bond motifs is 1. The van der Waals surface area contributed by atoms with Crippen LogP contribution < -0.4 is 9.64 Å². The molecule has 1 saturated carbocycles. The summed E-state index contributed by atoms with van der Waals surface area (Å²) in [6.45, 7) is 0.420. The van der Waals surface area contributed by atoms with E-state index in [-0.39, 0.29) is 5.54 Å². The largest absolute Gasteiger partial charge is 0.474 e. The summed E-state index contributed by atoms with van der Waals surface area (Å²) >= 11 is 0. The van der Waals surface area contributed by atoms with Gasteiger partial charge in [0.2, 0.25) is 5.88 Å². The standard InChI is InChI=1S/C10H10N2O3/c13-9(14)12-7-2-1-5-11-8(7)15-6-10(12)3-4-10/h1-2,5H,3-4,6H2,(H,13,14). The SMILES string of the molecule is O=C(O)N1c2cccnc2OCC12CC2. The molecule has 2 aliphatic rings. The number of carbonyl (C=O) groups is 1. The normalized spacial score (nSPS) is 20.7. The van der Waals surface area contributed by atoms with Crippen LogP contribution in [0, 0.1) is 0 Å². The molecule has 5 heteroatoms. The summed E-state index contributed by atoms with van der Waals surface area (Å²) < 4.78 is 5.47. The maximum Gasteiger partial charge on any atom is 0.412 e. The number of anilines is 1. The van der Waals surface area contributed by atoms with Crippen molar-refractivity contribution in [1.82, 2.24) is 4.98 Å². The highest BCUT2D eigenvalue weighted by Crippen LogP contribution is 2.49. The first-order valence-corrected chi connectivity index (χ1v) is 4.84. The van der Waals surface area contributed by atoms with Crippen LogP contribution in [0.3, 0.4) is 0 Å². The monoisotopic (exact) mass is 206 g/mol. The lowest BCUT2D eigenvalue weighted by atomic mass is 10.2. The number of carboxylic acid groups (broad SMARTS) is 1. The van der Waals surface area contributed by atoms with E-state index in [0.717, 1.165) is 12.8 Å². The molecule has 1 aromatic heterocycles. The molecular weight excluding hydrogens is 196 g/mol. The molecule has 0 bridgehead atoms. The van der Waals surface area contributed by atoms with Crippen molar-refractivity contribution in [2.24, 2.45) is 0 Å². The van der Waals surface area contributed by atoms with E-state index in [0.29, 0.717) is 18.2 Å². The Kier molecular flexibility index (Phi) is 1.49. The van der Waals surface area contributed by atoms with Gasteiger partial charge in [-0.15, -0.1) is 0 Å². The Hall–Kier alpha value is -1.78. The zero-order valence-corrected chi connectivity index (χ0v) is 8.01. The van der Waals surface area contributed by atoms with Gasteiger partial charge in [-0.1, -0.05) is 0 Å². The summed E-state index contributed by atoms with van der Waals surface area (Å²) in [5.74, 6) is 0.414. The first-order chi connectivity index (χ1) is 7.23. The van der Waals surface area contributed by atoms with Crippen molar-refractivity contribution < 1.29 is 14.6 Å². The maximum atomic E-state index is 11.2. The van der Waals surface area contributed by atoms with Crippen LogP contribution in [0.5, 0.6) is 5.88 Å². The van der Waals surface area contributed by atoms with E-state index in [1.54, 1.807) is 18.3 Å². The molecular formula is C10H10N2O3. The quantitative estimate of drug-likeness (QED) is 0.698. The lowest BCUT2D eigenvalue weighted by Gasteiger charge is -2.34. The van der Waals surface area contributed by atoms with Crippen LogP contribution in [-0.2, 0) is 0 Å². The lowest BCUT2D eigenvalue weighted by molar-refractivity contribution is 0.183. The van der Waals surface area contributed by atoms with Crippen LogP contribution in [-0.4, -0.2) is 28.3 Å². The minimum absolute atomic E-state index is 0.318. The van der Waals surface area contributed by atoms with Crippen molar-refractivity contribution >= 4 is 11.8 Å². The molecule has 15 heavy (non-hydrogen) atoms. The van der Waals surface area contributed by atoms with E-state index < -0.39 is 6.09 Å². The number of ether oxygens (including phenoxy) is 1. The van der Waals surface area contributed by atoms with Crippen LogP contribution in [0.15, 0.2) is 18.3 Å². The van der Waals surface area contributed by atoms with Crippen LogP contribution in [0.4, 0.5) is 10.5 Å². The van der Waals surface area contributed by atoms with Gasteiger partial charge in [0, 0.05) is 6.20 Å². The Morgan fingerprint density at radius 2 is 2.40 bits per heavy atom. The van der Waals surface area contributed by atoms with Crippen molar-refractivity contribution in [3.05, 3.63) is 18.3 Å². The number of rotatable bonds is 0. The third-order valence-electron chi connectivity index (χ3n) is 2.96. The van der Waals surface area contributed by atoms with Gasteiger partial charge < -0.3 is 9.84 Å². The molecule has 0 radical (unpaired) electrons. The number of hydrogen-bond donors (Lipinski definition) is 1. The van der Waals surface area contributed by atoms with Gasteiger partial charge in [0.1, 0.15) is 12.3 Å². The molecule has 1 amide bonds. The minimum Gasteiger partial charge on any atom is -0.474 e. The predicted molar refractivity (Wildman–Crippen MR) is 52.2 cm³/mol. The fraction of sp³-hybridized carbons (Fsp3) is 0.400. The van der Waals surface area contributed by atoms with E-state index in [4.69, 9.17) is 4.74 Å². The Labute approximate surface area is 86.3 Å². The molecule has 0 atom stereocenters. The van der Waals surface area contributed by atoms with Gasteiger partial charge in [-0.25, -0.2) is 9.78 Å². The van der Waals surface area contributed by atoms with Gasteiger partial charge in [-0.2, -0.15) is 0 Å². The predicted octanol–water partition coefficient (Wildman–Crippen LogP) is 1.49. The zero-order valence-electron chi connectivity index (χ0n) is 8.01. The number of aromatic nitrogens is 1. The summed E-state index contributed by atoms with van der Waals surface area (Å²) in [7, 11) is 0. The van der Waals surface area contributed by atoms with E-state index in [2.05, 4.69) is 4.98 Å². The second-order valence-corrected chi connectivity index (χ2v) is 3.96. The molecule has 5 nitrogen and oxygen atoms in total. The average molecular weight is 206 g/mol. The van der Waals surface area contributed by atoms with Crippen molar-refractivity contribution in [1.29, 1.82) is 0 Å². The summed E-state index contributed by atoms with van der Waals surface area (Å²) in [5.41, 5.74) is 0.246. The smallest absolute Gasteiger partial charge is 0.412 e. The third-order valence-corrected chi connectivity index (χ3v) is 2.96. The summed E-state index contributed by atoms with van der Waals surface area (Å²) in [6, 6.07) is 3.45. The average Bonchev–Trinajstić information content (AvgIpc) is 2.98. The number of amides is 1. The topological polar surface area (TPSA) is 62.7 Å². The molecule has 1 fully saturated rings. The molecule has 1 spiro atoms. The van der Waals surface area contributed by atoms with Crippen LogP contribution in [0.2, 0.25) is 0 Å². The third kappa shape index (κ3) is 1.09. The molecule has 1 aromatic rings. The molecule has 1 N–H and O–H groups in total. The molecule has 1 aliphatic heterocycles. The summed E-state index contributed by atoms with van der Waals surface area (Å²) in [5, 5.41) is 9.20. The number of hydrogen-bond acceptors (Lipinski definition) is 3. The Bertz CT molecular complexity index is 428. The molecule has 1 aliphatic carbocycles. The first-order valence-electron chi connectivity index (χ1n) is 4.84. The molecule has 0 saturated heterocycles. The maximum absolute atomic E-state index is 11.2. The van der Waals surface area contributed by atoms with E-state index in [1.807, 2.05) is 0 Å². The van der Waals surface area contributed by atoms with Crippen LogP contribution in [0.25, 0.3) is 0 Å². The molecule has 78 valence electrons. The van der Waals surface area contributed by atoms with E-state index in [1.165, 1.54) is 4.90 Å². The lowest BCUT2D eigenvalue weighted by Crippen LogP contribution is -2.48. The van der Waals surface area contributed by atoms with Crippen molar-refractivity contribution in [2.45, 2.75) is 18.4 Å². The summed E-state index contributed by atoms with van der Waals surface area (Å²) in [6.07, 6.45) is 2.41. The molecule has 0 unspecified atom stereocenters. The van der Waals surface area contributed by atoms with Crippen molar-refractivity contribution in [3.8, 4) is 5.88 Å². The Morgan fingerprint density at radius 3 is 3.07 bits per heavy atom. The molecule has 3 rings (SSSR count). The highest BCUT2D eigenvalue weighted by molar-refractivity contribution is 5.91. The first kappa shape index (κ1) is 8.52. The van der Waals surface area contributed by atoms with Gasteiger partial charge in [-0.05, 0) is 25.0 Å². The fourth-order valence-electron chi connectivity index (χ4n) is 2.00. The molecule has 0 aromatic carbocycles. The van der Waals surface area contributed by atoms with Gasteiger partial charge in [-0.3, -0.25) is 4.90 Å². The second-order valence-electron chi connectivity index (χ2n) is 3.96. The Balaban J connectivity index is 2.12. The van der Waals surface area contributed by atoms with Crippen molar-refractivity contribution in [3.63, 3.8) is 0 Å². The van der Waals surface area contributed by atoms with E-state index >= 15 is 0 Å². The van der Waals surface area contributed by atoms with Gasteiger partial charge in [0.05, 0.1) is 5.54 Å². The van der Waals surface area contributed by atoms with Crippen LogP contribution in [0.1, 0.15) is 12.8 Å². The number of pyridine rings is 1. The van der Waals surface area contributed by atoms with E-state index in [9.17, 15) is 9.90 Å². The van der Waals surface area contributed by atoms with Gasteiger partial charge >= 0.3 is 6.09 Å². The molecule has 2 heterocycles. The second kappa shape index (κ2) is 2.62.